The van der Waals surface area contributed by atoms with Crippen molar-refractivity contribution in [1.82, 2.24) is 4.57 Å². The molecule has 11 rings (SSSR count). The molecule has 2 heterocycles. The molecule has 0 saturated carbocycles. The molecule has 3 aliphatic rings. The van der Waals surface area contributed by atoms with Gasteiger partial charge in [-0.05, 0) is 100 Å². The highest BCUT2D eigenvalue weighted by atomic mass is 16.3. The van der Waals surface area contributed by atoms with Crippen LogP contribution in [0.3, 0.4) is 0 Å². The Kier molecular flexibility index (Phi) is 6.37. The molecule has 0 bridgehead atoms. The predicted octanol–water partition coefficient (Wildman–Crippen LogP) is 13.1. The summed E-state index contributed by atoms with van der Waals surface area (Å²) >= 11 is 0. The van der Waals surface area contributed by atoms with Crippen molar-refractivity contribution in [3.05, 3.63) is 192 Å². The molecule has 2 aromatic heterocycles. The van der Waals surface area contributed by atoms with Crippen LogP contribution in [0.25, 0.3) is 66.1 Å². The molecule has 0 aliphatic heterocycles. The number of allylic oxidation sites excluding steroid dienone is 8. The minimum Gasteiger partial charge on any atom is -0.454 e. The van der Waals surface area contributed by atoms with Crippen molar-refractivity contribution in [2.75, 3.05) is 0 Å². The lowest BCUT2D eigenvalue weighted by molar-refractivity contribution is 0.408. The third kappa shape index (κ3) is 3.95. The molecule has 0 spiro atoms. The Morgan fingerprint density at radius 3 is 2.27 bits per heavy atom. The van der Waals surface area contributed by atoms with Crippen molar-refractivity contribution in [2.24, 2.45) is 11.8 Å². The quantitative estimate of drug-likeness (QED) is 0.183. The van der Waals surface area contributed by atoms with Crippen LogP contribution in [0.5, 0.6) is 0 Å². The van der Waals surface area contributed by atoms with Crippen LogP contribution in [0.2, 0.25) is 0 Å². The van der Waals surface area contributed by atoms with Crippen LogP contribution in [0.15, 0.2) is 180 Å². The topological polar surface area (TPSA) is 18.1 Å². The molecule has 3 atom stereocenters. The Hall–Kier alpha value is -6.12. The van der Waals surface area contributed by atoms with Crippen LogP contribution in [0, 0.1) is 11.8 Å². The molecule has 52 heavy (non-hydrogen) atoms. The minimum absolute atomic E-state index is 0.281. The van der Waals surface area contributed by atoms with Gasteiger partial charge in [-0.3, -0.25) is 0 Å². The second kappa shape index (κ2) is 11.2. The average molecular weight is 668 g/mol. The SMILES string of the molecule is CC1CC=CC2=C1C(c1ccccc1)(C1C=CC=CC1)c1cc(-c3cc4c5ccccc5oc4c4c3c3ccccc3n4-c3ccccc3)ccc12. The zero-order valence-corrected chi connectivity index (χ0v) is 29.1. The highest BCUT2D eigenvalue weighted by molar-refractivity contribution is 6.26. The van der Waals surface area contributed by atoms with Gasteiger partial charge in [0.05, 0.1) is 11.0 Å². The van der Waals surface area contributed by atoms with E-state index in [9.17, 15) is 0 Å². The van der Waals surface area contributed by atoms with Crippen molar-refractivity contribution < 1.29 is 4.42 Å². The summed E-state index contributed by atoms with van der Waals surface area (Å²) in [6.07, 6.45) is 16.2. The van der Waals surface area contributed by atoms with Crippen molar-refractivity contribution in [3.8, 4) is 16.8 Å². The van der Waals surface area contributed by atoms with Gasteiger partial charge in [0.1, 0.15) is 5.58 Å². The van der Waals surface area contributed by atoms with E-state index in [1.54, 1.807) is 5.57 Å². The molecule has 3 unspecified atom stereocenters. The Bertz CT molecular complexity index is 2860. The molecule has 6 aromatic carbocycles. The van der Waals surface area contributed by atoms with Gasteiger partial charge >= 0.3 is 0 Å². The third-order valence-corrected chi connectivity index (χ3v) is 12.1. The van der Waals surface area contributed by atoms with E-state index in [0.29, 0.717) is 11.8 Å². The second-order valence-corrected chi connectivity index (χ2v) is 14.8. The molecule has 0 fully saturated rings. The molecule has 0 N–H and O–H groups in total. The number of benzene rings is 6. The average Bonchev–Trinajstić information content (AvgIpc) is 3.86. The molecule has 0 amide bonds. The highest BCUT2D eigenvalue weighted by Gasteiger charge is 2.52. The van der Waals surface area contributed by atoms with E-state index in [1.165, 1.54) is 49.7 Å². The number of aromatic nitrogens is 1. The standard InChI is InChI=1S/C50H37NO/c1-32-16-15-25-39-37-29-28-33(30-43(37)50(47(32)39,34-17-5-2-6-18-34)35-19-7-3-8-20-35)41-31-42-38-23-12-14-27-45(38)52-49(42)48-46(41)40-24-11-13-26-44(40)51(48)36-21-9-4-10-22-36/h2-15,17-19,21-32,35H,16,20H2,1H3. The van der Waals surface area contributed by atoms with Crippen LogP contribution in [0.4, 0.5) is 0 Å². The maximum absolute atomic E-state index is 6.82. The Labute approximate surface area is 303 Å². The zero-order valence-electron chi connectivity index (χ0n) is 29.1. The molecule has 2 nitrogen and oxygen atoms in total. The fraction of sp³-hybridized carbons (Fsp3) is 0.120. The van der Waals surface area contributed by atoms with Gasteiger partial charge in [0, 0.05) is 32.6 Å². The van der Waals surface area contributed by atoms with E-state index in [0.717, 1.165) is 46.0 Å². The maximum atomic E-state index is 6.82. The molecule has 0 saturated heterocycles. The predicted molar refractivity (Wildman–Crippen MR) is 217 cm³/mol. The lowest BCUT2D eigenvalue weighted by atomic mass is 9.58. The largest absolute Gasteiger partial charge is 0.454 e. The molecule has 8 aromatic rings. The summed E-state index contributed by atoms with van der Waals surface area (Å²) in [6.45, 7) is 2.44. The summed E-state index contributed by atoms with van der Waals surface area (Å²) < 4.78 is 9.23. The fourth-order valence-corrected chi connectivity index (χ4v) is 10.0. The molecule has 248 valence electrons. The van der Waals surface area contributed by atoms with Gasteiger partial charge < -0.3 is 8.98 Å². The Morgan fingerprint density at radius 1 is 0.673 bits per heavy atom. The summed E-state index contributed by atoms with van der Waals surface area (Å²) in [5.74, 6) is 0.732. The second-order valence-electron chi connectivity index (χ2n) is 14.8. The Balaban J connectivity index is 1.28. The normalized spacial score (nSPS) is 20.8. The van der Waals surface area contributed by atoms with Crippen LogP contribution in [0.1, 0.15) is 36.5 Å². The molecule has 0 radical (unpaired) electrons. The van der Waals surface area contributed by atoms with Crippen LogP contribution >= 0.6 is 0 Å². The van der Waals surface area contributed by atoms with Crippen LogP contribution in [-0.2, 0) is 5.41 Å². The van der Waals surface area contributed by atoms with Crippen molar-refractivity contribution in [1.29, 1.82) is 0 Å². The first-order valence-corrected chi connectivity index (χ1v) is 18.6. The first-order valence-electron chi connectivity index (χ1n) is 18.6. The third-order valence-electron chi connectivity index (χ3n) is 12.1. The first-order chi connectivity index (χ1) is 25.7. The number of hydrogen-bond donors (Lipinski definition) is 0. The summed E-state index contributed by atoms with van der Waals surface area (Å²) in [5, 5.41) is 4.73. The van der Waals surface area contributed by atoms with Gasteiger partial charge in [0.2, 0.25) is 0 Å². The van der Waals surface area contributed by atoms with E-state index in [4.69, 9.17) is 4.42 Å². The van der Waals surface area contributed by atoms with Gasteiger partial charge in [0.25, 0.3) is 0 Å². The van der Waals surface area contributed by atoms with Gasteiger partial charge in [-0.25, -0.2) is 0 Å². The number of para-hydroxylation sites is 3. The van der Waals surface area contributed by atoms with E-state index < -0.39 is 0 Å². The van der Waals surface area contributed by atoms with E-state index in [-0.39, 0.29) is 5.41 Å². The molecular formula is C50H37NO. The fourth-order valence-electron chi connectivity index (χ4n) is 10.0. The Morgan fingerprint density at radius 2 is 1.44 bits per heavy atom. The number of hydrogen-bond acceptors (Lipinski definition) is 1. The summed E-state index contributed by atoms with van der Waals surface area (Å²) in [6, 6.07) is 49.2. The summed E-state index contributed by atoms with van der Waals surface area (Å²) in [7, 11) is 0. The molecule has 3 aliphatic carbocycles. The number of rotatable bonds is 4. The summed E-state index contributed by atoms with van der Waals surface area (Å²) in [4.78, 5) is 0. The van der Waals surface area contributed by atoms with Gasteiger partial charge in [0.15, 0.2) is 5.58 Å². The van der Waals surface area contributed by atoms with E-state index in [1.807, 2.05) is 0 Å². The first kappa shape index (κ1) is 29.6. The van der Waals surface area contributed by atoms with Crippen molar-refractivity contribution in [2.45, 2.75) is 25.2 Å². The smallest absolute Gasteiger partial charge is 0.160 e. The van der Waals surface area contributed by atoms with Crippen LogP contribution in [-0.4, -0.2) is 4.57 Å². The number of furan rings is 1. The zero-order chi connectivity index (χ0) is 34.4. The molecular weight excluding hydrogens is 631 g/mol. The summed E-state index contributed by atoms with van der Waals surface area (Å²) in [5.41, 5.74) is 14.6. The lowest BCUT2D eigenvalue weighted by Gasteiger charge is -2.43. The molecule has 2 heteroatoms. The van der Waals surface area contributed by atoms with E-state index in [2.05, 4.69) is 181 Å². The number of fused-ring (bicyclic) bond motifs is 9. The number of nitrogens with zero attached hydrogens (tertiary/aromatic N) is 1. The van der Waals surface area contributed by atoms with E-state index >= 15 is 0 Å². The van der Waals surface area contributed by atoms with Crippen molar-refractivity contribution >= 4 is 49.3 Å². The van der Waals surface area contributed by atoms with Crippen LogP contribution < -0.4 is 0 Å². The van der Waals surface area contributed by atoms with Crippen molar-refractivity contribution in [3.63, 3.8) is 0 Å². The highest BCUT2D eigenvalue weighted by Crippen LogP contribution is 2.61. The minimum atomic E-state index is -0.281. The lowest BCUT2D eigenvalue weighted by Crippen LogP contribution is -2.39. The van der Waals surface area contributed by atoms with Gasteiger partial charge in [-0.2, -0.15) is 0 Å². The monoisotopic (exact) mass is 667 g/mol. The maximum Gasteiger partial charge on any atom is 0.160 e. The van der Waals surface area contributed by atoms with Gasteiger partial charge in [-0.1, -0.05) is 140 Å². The van der Waals surface area contributed by atoms with Gasteiger partial charge in [-0.15, -0.1) is 0 Å².